The predicted octanol–water partition coefficient (Wildman–Crippen LogP) is 4.38. The molecule has 1 atom stereocenters. The highest BCUT2D eigenvalue weighted by molar-refractivity contribution is 8.23. The number of benzene rings is 1. The van der Waals surface area contributed by atoms with Crippen LogP contribution in [0.3, 0.4) is 0 Å². The lowest BCUT2D eigenvalue weighted by Crippen LogP contribution is -2.30. The number of nitrogens with zero attached hydrogens (tertiary/aromatic N) is 3. The average Bonchev–Trinajstić information content (AvgIpc) is 3.47. The summed E-state index contributed by atoms with van der Waals surface area (Å²) >= 11 is 6.92. The van der Waals surface area contributed by atoms with Gasteiger partial charge in [-0.3, -0.25) is 4.79 Å². The highest BCUT2D eigenvalue weighted by Gasteiger charge is 2.35. The highest BCUT2D eigenvalue weighted by atomic mass is 32.2. The minimum absolute atomic E-state index is 0.0462. The number of furan rings is 1. The van der Waals surface area contributed by atoms with E-state index in [2.05, 4.69) is 41.2 Å². The molecule has 0 spiro atoms. The number of carbonyl (C=O) groups is 1. The molecule has 0 bridgehead atoms. The number of amides is 1. The first-order chi connectivity index (χ1) is 13.6. The topological polar surface area (TPSA) is 49.1 Å². The van der Waals surface area contributed by atoms with Crippen LogP contribution in [0.5, 0.6) is 0 Å². The molecule has 0 saturated carbocycles. The maximum Gasteiger partial charge on any atom is 0.253 e. The van der Waals surface area contributed by atoms with Gasteiger partial charge in [-0.15, -0.1) is 0 Å². The molecule has 1 saturated heterocycles. The van der Waals surface area contributed by atoms with Crippen molar-refractivity contribution >= 4 is 39.9 Å². The normalized spacial score (nSPS) is 19.2. The van der Waals surface area contributed by atoms with Gasteiger partial charge in [-0.2, -0.15) is 5.10 Å². The standard InChI is InChI=1S/C21H23N3O2S2/c1-15-6-8-16(9-7-15)17-13-18(19-5-4-12-26-19)24(22-17)20(25)14-28-21(27)23-10-2-3-11-23/h4-9,12,18H,2-3,10-11,13-14H2,1H3/t18-/m0/s1. The maximum atomic E-state index is 13.0. The summed E-state index contributed by atoms with van der Waals surface area (Å²) in [7, 11) is 0. The van der Waals surface area contributed by atoms with E-state index >= 15 is 0 Å². The summed E-state index contributed by atoms with van der Waals surface area (Å²) in [4.78, 5) is 15.2. The number of hydrogen-bond donors (Lipinski definition) is 0. The van der Waals surface area contributed by atoms with Crippen molar-refractivity contribution in [3.05, 3.63) is 59.5 Å². The van der Waals surface area contributed by atoms with E-state index < -0.39 is 0 Å². The first kappa shape index (κ1) is 19.2. The van der Waals surface area contributed by atoms with Crippen molar-refractivity contribution in [2.45, 2.75) is 32.2 Å². The fraction of sp³-hybridized carbons (Fsp3) is 0.381. The van der Waals surface area contributed by atoms with Crippen LogP contribution in [0.2, 0.25) is 0 Å². The molecule has 2 aliphatic heterocycles. The quantitative estimate of drug-likeness (QED) is 0.696. The van der Waals surface area contributed by atoms with Crippen LogP contribution in [0.15, 0.2) is 52.2 Å². The van der Waals surface area contributed by atoms with Crippen LogP contribution in [-0.4, -0.2) is 44.7 Å². The Morgan fingerprint density at radius 3 is 2.68 bits per heavy atom. The minimum atomic E-state index is -0.209. The zero-order valence-electron chi connectivity index (χ0n) is 15.8. The Hall–Kier alpha value is -2.12. The van der Waals surface area contributed by atoms with E-state index in [1.165, 1.54) is 30.2 Å². The Kier molecular flexibility index (Phi) is 5.82. The lowest BCUT2D eigenvalue weighted by atomic mass is 10.0. The SMILES string of the molecule is Cc1ccc(C2=NN(C(=O)CSC(=S)N3CCCC3)[C@H](c3ccco3)C2)cc1. The molecule has 1 fully saturated rings. The van der Waals surface area contributed by atoms with E-state index in [0.717, 1.165) is 34.4 Å². The van der Waals surface area contributed by atoms with Gasteiger partial charge >= 0.3 is 0 Å². The van der Waals surface area contributed by atoms with Crippen molar-refractivity contribution in [2.75, 3.05) is 18.8 Å². The number of thioether (sulfide) groups is 1. The molecule has 1 amide bonds. The molecule has 4 rings (SSSR count). The Balaban J connectivity index is 1.49. The summed E-state index contributed by atoms with van der Waals surface area (Å²) in [6.07, 6.45) is 4.62. The lowest BCUT2D eigenvalue weighted by Gasteiger charge is -2.21. The summed E-state index contributed by atoms with van der Waals surface area (Å²) in [5.41, 5.74) is 3.14. The average molecular weight is 414 g/mol. The molecule has 146 valence electrons. The monoisotopic (exact) mass is 413 g/mol. The van der Waals surface area contributed by atoms with Gasteiger partial charge in [0.2, 0.25) is 0 Å². The van der Waals surface area contributed by atoms with Gasteiger partial charge in [-0.1, -0.05) is 53.8 Å². The largest absolute Gasteiger partial charge is 0.467 e. The van der Waals surface area contributed by atoms with Crippen molar-refractivity contribution in [1.82, 2.24) is 9.91 Å². The molecule has 3 heterocycles. The molecule has 0 radical (unpaired) electrons. The zero-order valence-corrected chi connectivity index (χ0v) is 17.5. The molecule has 28 heavy (non-hydrogen) atoms. The number of aryl methyl sites for hydroxylation is 1. The van der Waals surface area contributed by atoms with Crippen LogP contribution in [-0.2, 0) is 4.79 Å². The number of thiocarbonyl (C=S) groups is 1. The van der Waals surface area contributed by atoms with E-state index in [4.69, 9.17) is 16.6 Å². The molecule has 7 heteroatoms. The number of likely N-dealkylation sites (tertiary alicyclic amines) is 1. The third kappa shape index (κ3) is 4.15. The van der Waals surface area contributed by atoms with E-state index in [1.807, 2.05) is 12.1 Å². The van der Waals surface area contributed by atoms with Crippen molar-refractivity contribution in [3.8, 4) is 0 Å². The van der Waals surface area contributed by atoms with Crippen LogP contribution >= 0.6 is 24.0 Å². The van der Waals surface area contributed by atoms with Gasteiger partial charge in [0.25, 0.3) is 5.91 Å². The van der Waals surface area contributed by atoms with Gasteiger partial charge in [0, 0.05) is 19.5 Å². The van der Waals surface area contributed by atoms with Gasteiger partial charge in [-0.05, 0) is 37.5 Å². The second-order valence-electron chi connectivity index (χ2n) is 7.14. The van der Waals surface area contributed by atoms with Crippen molar-refractivity contribution in [3.63, 3.8) is 0 Å². The zero-order chi connectivity index (χ0) is 19.5. The van der Waals surface area contributed by atoms with Crippen LogP contribution in [0.1, 0.15) is 42.2 Å². The lowest BCUT2D eigenvalue weighted by molar-refractivity contribution is -0.130. The van der Waals surface area contributed by atoms with Crippen LogP contribution in [0.25, 0.3) is 0 Å². The molecule has 0 unspecified atom stereocenters. The first-order valence-electron chi connectivity index (χ1n) is 9.53. The van der Waals surface area contributed by atoms with E-state index in [9.17, 15) is 4.79 Å². The van der Waals surface area contributed by atoms with Gasteiger partial charge in [0.1, 0.15) is 16.1 Å². The molecule has 1 aromatic carbocycles. The number of rotatable bonds is 4. The molecule has 2 aliphatic rings. The van der Waals surface area contributed by atoms with Gasteiger partial charge in [-0.25, -0.2) is 5.01 Å². The molecular weight excluding hydrogens is 390 g/mol. The number of carbonyl (C=O) groups excluding carboxylic acids is 1. The van der Waals surface area contributed by atoms with E-state index in [1.54, 1.807) is 11.3 Å². The Morgan fingerprint density at radius 2 is 2.00 bits per heavy atom. The third-order valence-electron chi connectivity index (χ3n) is 5.11. The van der Waals surface area contributed by atoms with Crippen LogP contribution in [0.4, 0.5) is 0 Å². The van der Waals surface area contributed by atoms with Crippen molar-refractivity contribution in [1.29, 1.82) is 0 Å². The highest BCUT2D eigenvalue weighted by Crippen LogP contribution is 2.33. The van der Waals surface area contributed by atoms with Crippen molar-refractivity contribution < 1.29 is 9.21 Å². The van der Waals surface area contributed by atoms with Crippen molar-refractivity contribution in [2.24, 2.45) is 5.10 Å². The van der Waals surface area contributed by atoms with Crippen LogP contribution < -0.4 is 0 Å². The summed E-state index contributed by atoms with van der Waals surface area (Å²) in [6, 6.07) is 11.8. The van der Waals surface area contributed by atoms with Crippen LogP contribution in [0, 0.1) is 6.92 Å². The molecule has 1 aromatic heterocycles. The molecule has 2 aromatic rings. The minimum Gasteiger partial charge on any atom is -0.467 e. The number of hydrogen-bond acceptors (Lipinski definition) is 5. The predicted molar refractivity (Wildman–Crippen MR) is 116 cm³/mol. The summed E-state index contributed by atoms with van der Waals surface area (Å²) in [5, 5.41) is 6.25. The fourth-order valence-electron chi connectivity index (χ4n) is 3.54. The molecule has 0 N–H and O–H groups in total. The third-order valence-corrected chi connectivity index (χ3v) is 6.61. The smallest absolute Gasteiger partial charge is 0.253 e. The second-order valence-corrected chi connectivity index (χ2v) is 8.74. The van der Waals surface area contributed by atoms with E-state index in [0.29, 0.717) is 6.42 Å². The van der Waals surface area contributed by atoms with Gasteiger partial charge < -0.3 is 9.32 Å². The maximum absolute atomic E-state index is 13.0. The van der Waals surface area contributed by atoms with E-state index in [-0.39, 0.29) is 17.7 Å². The molecule has 5 nitrogen and oxygen atoms in total. The Labute approximate surface area is 174 Å². The van der Waals surface area contributed by atoms with Gasteiger partial charge in [0.15, 0.2) is 0 Å². The number of hydrazone groups is 1. The second kappa shape index (κ2) is 8.49. The summed E-state index contributed by atoms with van der Waals surface area (Å²) in [6.45, 7) is 4.05. The Morgan fingerprint density at radius 1 is 1.25 bits per heavy atom. The summed E-state index contributed by atoms with van der Waals surface area (Å²) < 4.78 is 6.41. The molecule has 0 aliphatic carbocycles. The first-order valence-corrected chi connectivity index (χ1v) is 10.9. The Bertz CT molecular complexity index is 872. The van der Waals surface area contributed by atoms with Gasteiger partial charge in [0.05, 0.1) is 17.7 Å². The fourth-order valence-corrected chi connectivity index (χ4v) is 4.65. The summed E-state index contributed by atoms with van der Waals surface area (Å²) in [5.74, 6) is 0.999. The molecular formula is C21H23N3O2S2.